The van der Waals surface area contributed by atoms with Gasteiger partial charge in [0.15, 0.2) is 0 Å². The fourth-order valence-electron chi connectivity index (χ4n) is 2.15. The van der Waals surface area contributed by atoms with Crippen LogP contribution >= 0.6 is 0 Å². The van der Waals surface area contributed by atoms with E-state index in [1.54, 1.807) is 55.6 Å². The normalized spacial score (nSPS) is 9.92. The lowest BCUT2D eigenvalue weighted by Gasteiger charge is -2.10. The number of rotatable bonds is 9. The summed E-state index contributed by atoms with van der Waals surface area (Å²) in [7, 11) is 2.93. The first-order valence-electron chi connectivity index (χ1n) is 8.08. The maximum absolute atomic E-state index is 11.8. The van der Waals surface area contributed by atoms with Gasteiger partial charge in [0.1, 0.15) is 18.1 Å². The number of carbonyl (C=O) groups excluding carboxylic acids is 2. The molecule has 0 heterocycles. The Morgan fingerprint density at radius 2 is 1.73 bits per heavy atom. The topological polar surface area (TPSA) is 85.9 Å². The molecule has 0 spiro atoms. The van der Waals surface area contributed by atoms with Crippen molar-refractivity contribution in [3.63, 3.8) is 0 Å². The molecular weight excluding hydrogens is 336 g/mol. The van der Waals surface area contributed by atoms with Crippen LogP contribution in [0.1, 0.15) is 10.4 Å². The molecule has 0 fully saturated rings. The number of hydrogen-bond acceptors (Lipinski definition) is 6. The van der Waals surface area contributed by atoms with Crippen molar-refractivity contribution in [3.05, 3.63) is 54.1 Å². The largest absolute Gasteiger partial charge is 0.497 e. The van der Waals surface area contributed by atoms with E-state index < -0.39 is 5.97 Å². The Bertz CT molecular complexity index is 731. The smallest absolute Gasteiger partial charge is 0.337 e. The molecule has 0 radical (unpaired) electrons. The van der Waals surface area contributed by atoms with Crippen molar-refractivity contribution >= 4 is 17.6 Å². The summed E-state index contributed by atoms with van der Waals surface area (Å²) in [6.45, 7) is 0.831. The van der Waals surface area contributed by atoms with Crippen LogP contribution in [0.2, 0.25) is 0 Å². The van der Waals surface area contributed by atoms with Crippen molar-refractivity contribution in [2.75, 3.05) is 39.2 Å². The van der Waals surface area contributed by atoms with E-state index in [1.807, 2.05) is 0 Å². The van der Waals surface area contributed by atoms with Gasteiger partial charge in [0.05, 0.1) is 32.9 Å². The van der Waals surface area contributed by atoms with Crippen molar-refractivity contribution < 1.29 is 23.8 Å². The predicted molar refractivity (Wildman–Crippen MR) is 97.8 cm³/mol. The molecule has 2 aromatic carbocycles. The highest BCUT2D eigenvalue weighted by Crippen LogP contribution is 2.16. The number of benzene rings is 2. The third-order valence-corrected chi connectivity index (χ3v) is 3.49. The Morgan fingerprint density at radius 3 is 2.42 bits per heavy atom. The lowest BCUT2D eigenvalue weighted by molar-refractivity contribution is -0.119. The first-order chi connectivity index (χ1) is 12.6. The molecule has 0 aromatic heterocycles. The molecule has 26 heavy (non-hydrogen) atoms. The van der Waals surface area contributed by atoms with Gasteiger partial charge in [-0.2, -0.15) is 0 Å². The van der Waals surface area contributed by atoms with Crippen LogP contribution in [0.15, 0.2) is 48.5 Å². The fraction of sp³-hybridized carbons (Fsp3) is 0.263. The molecule has 2 N–H and O–H groups in total. The third-order valence-electron chi connectivity index (χ3n) is 3.49. The van der Waals surface area contributed by atoms with Gasteiger partial charge >= 0.3 is 5.97 Å². The maximum atomic E-state index is 11.8. The molecule has 1 amide bonds. The molecule has 0 aliphatic heterocycles. The molecule has 0 saturated heterocycles. The van der Waals surface area contributed by atoms with Gasteiger partial charge in [-0.05, 0) is 42.5 Å². The number of anilines is 1. The zero-order valence-corrected chi connectivity index (χ0v) is 14.8. The number of methoxy groups -OCH3 is 2. The first-order valence-corrected chi connectivity index (χ1v) is 8.08. The quantitative estimate of drug-likeness (QED) is 0.527. The van der Waals surface area contributed by atoms with Crippen molar-refractivity contribution in [1.29, 1.82) is 0 Å². The molecule has 138 valence electrons. The molecule has 0 aliphatic rings. The summed E-state index contributed by atoms with van der Waals surface area (Å²) < 4.78 is 15.3. The molecule has 2 rings (SSSR count). The monoisotopic (exact) mass is 358 g/mol. The molecule has 7 heteroatoms. The van der Waals surface area contributed by atoms with Gasteiger partial charge < -0.3 is 24.8 Å². The summed E-state index contributed by atoms with van der Waals surface area (Å²) in [6.07, 6.45) is 0. The lowest BCUT2D eigenvalue weighted by Crippen LogP contribution is -2.33. The summed E-state index contributed by atoms with van der Waals surface area (Å²) in [6, 6.07) is 14.0. The second-order valence-electron chi connectivity index (χ2n) is 5.30. The zero-order chi connectivity index (χ0) is 18.8. The number of ether oxygens (including phenoxy) is 3. The minimum absolute atomic E-state index is 0.0904. The predicted octanol–water partition coefficient (Wildman–Crippen LogP) is 2.09. The van der Waals surface area contributed by atoms with Crippen LogP contribution < -0.4 is 20.1 Å². The van der Waals surface area contributed by atoms with Crippen LogP contribution in [-0.4, -0.2) is 45.8 Å². The SMILES string of the molecule is COC(=O)c1cccc(NCC(=O)NCCOc2ccc(OC)cc2)c1. The Labute approximate surface area is 152 Å². The molecular formula is C19H22N2O5. The van der Waals surface area contributed by atoms with Crippen LogP contribution in [0.5, 0.6) is 11.5 Å². The van der Waals surface area contributed by atoms with Gasteiger partial charge in [-0.25, -0.2) is 4.79 Å². The van der Waals surface area contributed by atoms with E-state index in [1.165, 1.54) is 7.11 Å². The van der Waals surface area contributed by atoms with E-state index >= 15 is 0 Å². The average Bonchev–Trinajstić information content (AvgIpc) is 2.69. The maximum Gasteiger partial charge on any atom is 0.337 e. The Morgan fingerprint density at radius 1 is 1.00 bits per heavy atom. The zero-order valence-electron chi connectivity index (χ0n) is 14.8. The Kier molecular flexibility index (Phi) is 7.30. The molecule has 0 atom stereocenters. The first kappa shape index (κ1) is 19.1. The number of nitrogens with one attached hydrogen (secondary N) is 2. The van der Waals surface area contributed by atoms with Crippen LogP contribution in [-0.2, 0) is 9.53 Å². The summed E-state index contributed by atoms with van der Waals surface area (Å²) in [4.78, 5) is 23.3. The van der Waals surface area contributed by atoms with Crippen LogP contribution in [0.3, 0.4) is 0 Å². The average molecular weight is 358 g/mol. The number of carbonyl (C=O) groups is 2. The van der Waals surface area contributed by atoms with Crippen LogP contribution in [0.4, 0.5) is 5.69 Å². The Hall–Kier alpha value is -3.22. The van der Waals surface area contributed by atoms with E-state index in [0.717, 1.165) is 5.75 Å². The van der Waals surface area contributed by atoms with Gasteiger partial charge in [0, 0.05) is 5.69 Å². The minimum Gasteiger partial charge on any atom is -0.497 e. The fourth-order valence-corrected chi connectivity index (χ4v) is 2.15. The molecule has 7 nitrogen and oxygen atoms in total. The van der Waals surface area contributed by atoms with Gasteiger partial charge in [0.2, 0.25) is 5.91 Å². The summed E-state index contributed by atoms with van der Waals surface area (Å²) in [5.41, 5.74) is 1.09. The second-order valence-corrected chi connectivity index (χ2v) is 5.30. The van der Waals surface area contributed by atoms with E-state index in [0.29, 0.717) is 30.2 Å². The second kappa shape index (κ2) is 9.93. The van der Waals surface area contributed by atoms with Crippen LogP contribution in [0, 0.1) is 0 Å². The lowest BCUT2D eigenvalue weighted by atomic mass is 10.2. The molecule has 2 aromatic rings. The van der Waals surface area contributed by atoms with Gasteiger partial charge in [-0.3, -0.25) is 4.79 Å². The standard InChI is InChI=1S/C19H22N2O5/c1-24-16-6-8-17(9-7-16)26-11-10-20-18(22)13-21-15-5-3-4-14(12-15)19(23)25-2/h3-9,12,21H,10-11,13H2,1-2H3,(H,20,22). The Balaban J connectivity index is 1.68. The van der Waals surface area contributed by atoms with E-state index in [2.05, 4.69) is 15.4 Å². The van der Waals surface area contributed by atoms with Crippen molar-refractivity contribution in [1.82, 2.24) is 5.32 Å². The highest BCUT2D eigenvalue weighted by molar-refractivity contribution is 5.90. The van der Waals surface area contributed by atoms with Gasteiger partial charge in [0.25, 0.3) is 0 Å². The van der Waals surface area contributed by atoms with Crippen LogP contribution in [0.25, 0.3) is 0 Å². The summed E-state index contributed by atoms with van der Waals surface area (Å²) in [5.74, 6) is 0.867. The van der Waals surface area contributed by atoms with Crippen molar-refractivity contribution in [3.8, 4) is 11.5 Å². The van der Waals surface area contributed by atoms with Crippen molar-refractivity contribution in [2.45, 2.75) is 0 Å². The third kappa shape index (κ3) is 6.01. The van der Waals surface area contributed by atoms with Crippen molar-refractivity contribution in [2.24, 2.45) is 0 Å². The number of esters is 1. The van der Waals surface area contributed by atoms with Gasteiger partial charge in [-0.15, -0.1) is 0 Å². The number of hydrogen-bond donors (Lipinski definition) is 2. The highest BCUT2D eigenvalue weighted by atomic mass is 16.5. The molecule has 0 bridgehead atoms. The molecule has 0 aliphatic carbocycles. The minimum atomic E-state index is -0.422. The highest BCUT2D eigenvalue weighted by Gasteiger charge is 2.06. The van der Waals surface area contributed by atoms with Gasteiger partial charge in [-0.1, -0.05) is 6.07 Å². The summed E-state index contributed by atoms with van der Waals surface area (Å²) in [5, 5.41) is 5.71. The van der Waals surface area contributed by atoms with E-state index in [4.69, 9.17) is 9.47 Å². The van der Waals surface area contributed by atoms with E-state index in [9.17, 15) is 9.59 Å². The summed E-state index contributed by atoms with van der Waals surface area (Å²) >= 11 is 0. The molecule has 0 unspecified atom stereocenters. The van der Waals surface area contributed by atoms with E-state index in [-0.39, 0.29) is 12.5 Å². The number of amides is 1. The molecule has 0 saturated carbocycles.